The first-order chi connectivity index (χ1) is 18.8. The van der Waals surface area contributed by atoms with Crippen LogP contribution in [-0.4, -0.2) is 60.1 Å². The van der Waals surface area contributed by atoms with Crippen molar-refractivity contribution in [2.45, 2.75) is 63.5 Å². The first kappa shape index (κ1) is 29.6. The summed E-state index contributed by atoms with van der Waals surface area (Å²) in [5.74, 6) is -0.762. The molecule has 0 unspecified atom stereocenters. The molecular weight excluding hydrogens is 529 g/mol. The highest BCUT2D eigenvalue weighted by Crippen LogP contribution is 2.23. The number of piperidine rings is 1. The molecule has 8 nitrogen and oxygen atoms in total. The molecule has 10 heteroatoms. The quantitative estimate of drug-likeness (QED) is 0.403. The normalized spacial score (nSPS) is 15.2. The number of hydrogen-bond acceptors (Lipinski definition) is 7. The van der Waals surface area contributed by atoms with Gasteiger partial charge in [0.05, 0.1) is 21.8 Å². The summed E-state index contributed by atoms with van der Waals surface area (Å²) in [6, 6.07) is 11.9. The molecule has 214 valence electrons. The molecule has 0 saturated carbocycles. The molecule has 2 N–H and O–H groups in total. The molecule has 0 bridgehead atoms. The number of carbonyl (C=O) groups excluding carboxylic acids is 1. The van der Waals surface area contributed by atoms with Gasteiger partial charge in [0.2, 0.25) is 5.95 Å². The molecule has 4 rings (SSSR count). The monoisotopic (exact) mass is 567 g/mol. The van der Waals surface area contributed by atoms with Gasteiger partial charge >= 0.3 is 0 Å². The number of aryl methyl sites for hydroxylation is 1. The first-order valence-electron chi connectivity index (χ1n) is 13.5. The average molecular weight is 568 g/mol. The SMILES string of the molecule is Cc1cnc(Nc2ccc(C(=O)NC3CCN(C)CC3)c(F)c2)nc1Cc1cccc(CS(=O)(=O)C(C)(C)C)c1. The lowest BCUT2D eigenvalue weighted by atomic mass is 10.0. The molecule has 1 amide bonds. The van der Waals surface area contributed by atoms with Crippen molar-refractivity contribution in [3.63, 3.8) is 0 Å². The van der Waals surface area contributed by atoms with E-state index in [4.69, 9.17) is 0 Å². The maximum Gasteiger partial charge on any atom is 0.254 e. The van der Waals surface area contributed by atoms with Crippen LogP contribution in [0.4, 0.5) is 16.0 Å². The minimum absolute atomic E-state index is 0.00310. The van der Waals surface area contributed by atoms with Gasteiger partial charge in [0, 0.05) is 24.3 Å². The van der Waals surface area contributed by atoms with Crippen LogP contribution in [0.2, 0.25) is 0 Å². The van der Waals surface area contributed by atoms with Crippen molar-refractivity contribution in [2.75, 3.05) is 25.5 Å². The standard InChI is InChI=1S/C30H38FN5O3S/c1-20-18-32-29(35-27(20)16-21-7-6-8-22(15-21)19-40(38,39)30(2,3)4)34-24-9-10-25(26(31)17-24)28(37)33-23-11-13-36(5)14-12-23/h6-10,15,17-18,23H,11-14,16,19H2,1-5H3,(H,33,37)(H,32,34,35). The van der Waals surface area contributed by atoms with E-state index in [2.05, 4.69) is 25.5 Å². The van der Waals surface area contributed by atoms with Crippen LogP contribution in [0.25, 0.3) is 0 Å². The van der Waals surface area contributed by atoms with Gasteiger partial charge in [-0.3, -0.25) is 4.79 Å². The van der Waals surface area contributed by atoms with Gasteiger partial charge in [0.15, 0.2) is 9.84 Å². The Hall–Kier alpha value is -3.37. The van der Waals surface area contributed by atoms with Gasteiger partial charge in [0.25, 0.3) is 5.91 Å². The zero-order chi connectivity index (χ0) is 29.1. The number of aromatic nitrogens is 2. The second-order valence-electron chi connectivity index (χ2n) is 11.6. The maximum absolute atomic E-state index is 14.9. The van der Waals surface area contributed by atoms with Crippen LogP contribution in [0.5, 0.6) is 0 Å². The number of halogens is 1. The second kappa shape index (κ2) is 12.0. The van der Waals surface area contributed by atoms with Gasteiger partial charge in [-0.15, -0.1) is 0 Å². The number of likely N-dealkylation sites (tertiary alicyclic amines) is 1. The molecule has 0 aliphatic carbocycles. The van der Waals surface area contributed by atoms with Gasteiger partial charge < -0.3 is 15.5 Å². The van der Waals surface area contributed by atoms with E-state index in [1.165, 1.54) is 12.1 Å². The summed E-state index contributed by atoms with van der Waals surface area (Å²) in [6.07, 6.45) is 3.86. The van der Waals surface area contributed by atoms with Gasteiger partial charge in [-0.25, -0.2) is 22.8 Å². The summed E-state index contributed by atoms with van der Waals surface area (Å²) in [6.45, 7) is 8.82. The third kappa shape index (κ3) is 7.42. The van der Waals surface area contributed by atoms with Crippen molar-refractivity contribution in [2.24, 2.45) is 0 Å². The molecule has 2 heterocycles. The van der Waals surface area contributed by atoms with Gasteiger partial charge in [-0.05, 0) is 95.6 Å². The molecule has 0 atom stereocenters. The molecule has 1 aliphatic heterocycles. The van der Waals surface area contributed by atoms with Crippen LogP contribution in [0.15, 0.2) is 48.7 Å². The third-order valence-corrected chi connectivity index (χ3v) is 9.83. The molecule has 0 radical (unpaired) electrons. The topological polar surface area (TPSA) is 104 Å². The zero-order valence-corrected chi connectivity index (χ0v) is 24.6. The van der Waals surface area contributed by atoms with E-state index < -0.39 is 26.3 Å². The molecule has 1 fully saturated rings. The number of rotatable bonds is 8. The fourth-order valence-electron chi connectivity index (χ4n) is 4.50. The summed E-state index contributed by atoms with van der Waals surface area (Å²) < 4.78 is 39.4. The van der Waals surface area contributed by atoms with Crippen LogP contribution in [-0.2, 0) is 22.0 Å². The van der Waals surface area contributed by atoms with E-state index in [0.29, 0.717) is 18.1 Å². The average Bonchev–Trinajstić information content (AvgIpc) is 2.87. The van der Waals surface area contributed by atoms with Gasteiger partial charge in [0.1, 0.15) is 5.82 Å². The number of benzene rings is 2. The first-order valence-corrected chi connectivity index (χ1v) is 15.1. The number of anilines is 2. The van der Waals surface area contributed by atoms with Crippen molar-refractivity contribution in [3.05, 3.63) is 82.4 Å². The Labute approximate surface area is 236 Å². The highest BCUT2D eigenvalue weighted by atomic mass is 32.2. The molecule has 1 aliphatic rings. The highest BCUT2D eigenvalue weighted by molar-refractivity contribution is 7.91. The Morgan fingerprint density at radius 2 is 1.80 bits per heavy atom. The lowest BCUT2D eigenvalue weighted by Crippen LogP contribution is -2.43. The molecule has 1 saturated heterocycles. The second-order valence-corrected chi connectivity index (χ2v) is 14.3. The number of nitrogens with one attached hydrogen (secondary N) is 2. The number of carbonyl (C=O) groups is 1. The van der Waals surface area contributed by atoms with E-state index in [-0.39, 0.29) is 17.4 Å². The number of hydrogen-bond donors (Lipinski definition) is 2. The van der Waals surface area contributed by atoms with E-state index in [0.717, 1.165) is 48.3 Å². The fraction of sp³-hybridized carbons (Fsp3) is 0.433. The summed E-state index contributed by atoms with van der Waals surface area (Å²) in [5.41, 5.74) is 3.74. The summed E-state index contributed by atoms with van der Waals surface area (Å²) in [4.78, 5) is 23.8. The molecule has 0 spiro atoms. The molecular formula is C30H38FN5O3S. The number of amides is 1. The van der Waals surface area contributed by atoms with E-state index >= 15 is 0 Å². The Bertz CT molecular complexity index is 1480. The largest absolute Gasteiger partial charge is 0.349 e. The predicted molar refractivity (Wildman–Crippen MR) is 156 cm³/mol. The van der Waals surface area contributed by atoms with Crippen LogP contribution in [0.1, 0.15) is 66.4 Å². The summed E-state index contributed by atoms with van der Waals surface area (Å²) in [7, 11) is -1.26. The summed E-state index contributed by atoms with van der Waals surface area (Å²) >= 11 is 0. The van der Waals surface area contributed by atoms with Gasteiger partial charge in [-0.1, -0.05) is 24.3 Å². The smallest absolute Gasteiger partial charge is 0.254 e. The van der Waals surface area contributed by atoms with Crippen LogP contribution < -0.4 is 10.6 Å². The highest BCUT2D eigenvalue weighted by Gasteiger charge is 2.29. The van der Waals surface area contributed by atoms with Gasteiger partial charge in [-0.2, -0.15) is 0 Å². The van der Waals surface area contributed by atoms with E-state index in [1.54, 1.807) is 33.0 Å². The lowest BCUT2D eigenvalue weighted by molar-refractivity contribution is 0.0913. The minimum atomic E-state index is -3.30. The third-order valence-electron chi connectivity index (χ3n) is 7.25. The van der Waals surface area contributed by atoms with Crippen molar-refractivity contribution in [1.29, 1.82) is 0 Å². The molecule has 3 aromatic rings. The number of nitrogens with zero attached hydrogens (tertiary/aromatic N) is 3. The Balaban J connectivity index is 1.44. The fourth-order valence-corrected chi connectivity index (χ4v) is 5.55. The van der Waals surface area contributed by atoms with Crippen molar-refractivity contribution in [3.8, 4) is 0 Å². The Morgan fingerprint density at radius 3 is 2.48 bits per heavy atom. The van der Waals surface area contributed by atoms with E-state index in [9.17, 15) is 17.6 Å². The van der Waals surface area contributed by atoms with Crippen molar-refractivity contribution >= 4 is 27.4 Å². The molecule has 2 aromatic carbocycles. The molecule has 40 heavy (non-hydrogen) atoms. The lowest BCUT2D eigenvalue weighted by Gasteiger charge is -2.29. The maximum atomic E-state index is 14.9. The van der Waals surface area contributed by atoms with E-state index in [1.807, 2.05) is 38.2 Å². The molecule has 1 aromatic heterocycles. The van der Waals surface area contributed by atoms with Crippen molar-refractivity contribution in [1.82, 2.24) is 20.2 Å². The number of sulfone groups is 1. The van der Waals surface area contributed by atoms with Crippen LogP contribution in [0, 0.1) is 12.7 Å². The zero-order valence-electron chi connectivity index (χ0n) is 23.8. The van der Waals surface area contributed by atoms with Crippen molar-refractivity contribution < 1.29 is 17.6 Å². The Morgan fingerprint density at radius 1 is 1.10 bits per heavy atom. The summed E-state index contributed by atoms with van der Waals surface area (Å²) in [5, 5.41) is 5.97. The minimum Gasteiger partial charge on any atom is -0.349 e. The Kier molecular flexibility index (Phi) is 8.90. The van der Waals surface area contributed by atoms with Crippen LogP contribution in [0.3, 0.4) is 0 Å². The van der Waals surface area contributed by atoms with Crippen LogP contribution >= 0.6 is 0 Å². The predicted octanol–water partition coefficient (Wildman–Crippen LogP) is 4.80.